The molecule has 17 heavy (non-hydrogen) atoms. The monoisotopic (exact) mass is 238 g/mol. The Morgan fingerprint density at radius 2 is 2.18 bits per heavy atom. The fourth-order valence-corrected chi connectivity index (χ4v) is 1.60. The molecule has 0 saturated heterocycles. The quantitative estimate of drug-likeness (QED) is 0.818. The smallest absolute Gasteiger partial charge is 0.305 e. The molecule has 1 aliphatic carbocycles. The molecule has 1 heterocycles. The molecule has 1 aromatic rings. The van der Waals surface area contributed by atoms with Gasteiger partial charge < -0.3 is 10.4 Å². The predicted molar refractivity (Wildman–Crippen MR) is 55.9 cm³/mol. The Bertz CT molecular complexity index is 454. The lowest BCUT2D eigenvalue weighted by Crippen LogP contribution is -2.38. The number of carbonyl (C=O) groups is 2. The van der Waals surface area contributed by atoms with Gasteiger partial charge in [-0.15, -0.1) is 0 Å². The number of hydrogen-bond donors (Lipinski definition) is 2. The zero-order valence-electron chi connectivity index (χ0n) is 8.94. The summed E-state index contributed by atoms with van der Waals surface area (Å²) < 4.78 is 12.6. The number of nitrogens with zero attached hydrogens (tertiary/aromatic N) is 1. The summed E-state index contributed by atoms with van der Waals surface area (Å²) in [4.78, 5) is 25.9. The number of aliphatic carboxylic acids is 1. The summed E-state index contributed by atoms with van der Waals surface area (Å²) in [7, 11) is 0. The van der Waals surface area contributed by atoms with E-state index in [1.54, 1.807) is 0 Å². The molecule has 90 valence electrons. The van der Waals surface area contributed by atoms with Gasteiger partial charge in [-0.25, -0.2) is 9.37 Å². The lowest BCUT2D eigenvalue weighted by atomic mass is 10.1. The van der Waals surface area contributed by atoms with E-state index in [-0.39, 0.29) is 12.1 Å². The van der Waals surface area contributed by atoms with Gasteiger partial charge in [0.05, 0.1) is 18.2 Å². The highest BCUT2D eigenvalue weighted by molar-refractivity contribution is 5.93. The van der Waals surface area contributed by atoms with Crippen LogP contribution in [0.15, 0.2) is 18.3 Å². The molecule has 1 saturated carbocycles. The number of carboxylic acids is 1. The Hall–Kier alpha value is -1.98. The average Bonchev–Trinajstić information content (AvgIpc) is 2.97. The largest absolute Gasteiger partial charge is 0.481 e. The van der Waals surface area contributed by atoms with Crippen LogP contribution in [0.2, 0.25) is 0 Å². The number of halogens is 1. The molecule has 0 bridgehead atoms. The highest BCUT2D eigenvalue weighted by Crippen LogP contribution is 2.38. The van der Waals surface area contributed by atoms with Crippen LogP contribution in [0.5, 0.6) is 0 Å². The SMILES string of the molecule is O=C(O)CC1(NC(=O)c2ccc(F)cn2)CC1. The number of rotatable bonds is 4. The third-order valence-electron chi connectivity index (χ3n) is 2.68. The number of carboxylic acid groups (broad SMARTS) is 1. The number of aromatic nitrogens is 1. The minimum absolute atomic E-state index is 0.0862. The van der Waals surface area contributed by atoms with E-state index in [2.05, 4.69) is 10.3 Å². The number of nitrogens with one attached hydrogen (secondary N) is 1. The van der Waals surface area contributed by atoms with Crippen molar-refractivity contribution in [2.24, 2.45) is 0 Å². The van der Waals surface area contributed by atoms with Crippen LogP contribution in [0.4, 0.5) is 4.39 Å². The summed E-state index contributed by atoms with van der Waals surface area (Å²) in [5.74, 6) is -1.94. The van der Waals surface area contributed by atoms with Crippen molar-refractivity contribution < 1.29 is 19.1 Å². The Balaban J connectivity index is 2.02. The van der Waals surface area contributed by atoms with Crippen molar-refractivity contribution in [1.29, 1.82) is 0 Å². The maximum absolute atomic E-state index is 12.6. The van der Waals surface area contributed by atoms with E-state index in [9.17, 15) is 14.0 Å². The number of pyridine rings is 1. The molecule has 1 aliphatic rings. The first-order valence-electron chi connectivity index (χ1n) is 5.17. The molecule has 2 N–H and O–H groups in total. The highest BCUT2D eigenvalue weighted by Gasteiger charge is 2.46. The summed E-state index contributed by atoms with van der Waals surface area (Å²) in [5, 5.41) is 11.3. The predicted octanol–water partition coefficient (Wildman–Crippen LogP) is 0.958. The van der Waals surface area contributed by atoms with E-state index in [1.807, 2.05) is 0 Å². The maximum atomic E-state index is 12.6. The fourth-order valence-electron chi connectivity index (χ4n) is 1.60. The van der Waals surface area contributed by atoms with Gasteiger partial charge in [0.1, 0.15) is 11.5 Å². The van der Waals surface area contributed by atoms with E-state index in [0.717, 1.165) is 12.3 Å². The topological polar surface area (TPSA) is 79.3 Å². The molecule has 0 radical (unpaired) electrons. The average molecular weight is 238 g/mol. The second-order valence-corrected chi connectivity index (χ2v) is 4.17. The van der Waals surface area contributed by atoms with Gasteiger partial charge in [0.25, 0.3) is 5.91 Å². The Morgan fingerprint density at radius 1 is 1.47 bits per heavy atom. The fraction of sp³-hybridized carbons (Fsp3) is 0.364. The number of carbonyl (C=O) groups excluding carboxylic acids is 1. The molecule has 1 amide bonds. The third kappa shape index (κ3) is 2.77. The first kappa shape index (κ1) is 11.5. The standard InChI is InChI=1S/C11H11FN2O3/c12-7-1-2-8(13-6-7)10(17)14-11(3-4-11)5-9(15)16/h1-2,6H,3-5H2,(H,14,17)(H,15,16). The molecule has 0 aromatic carbocycles. The van der Waals surface area contributed by atoms with Crippen LogP contribution in [0, 0.1) is 5.82 Å². The van der Waals surface area contributed by atoms with Crippen molar-refractivity contribution >= 4 is 11.9 Å². The first-order valence-corrected chi connectivity index (χ1v) is 5.17. The molecule has 1 aromatic heterocycles. The van der Waals surface area contributed by atoms with E-state index < -0.39 is 23.2 Å². The normalized spacial score (nSPS) is 16.3. The van der Waals surface area contributed by atoms with Gasteiger partial charge in [0, 0.05) is 0 Å². The van der Waals surface area contributed by atoms with E-state index >= 15 is 0 Å². The van der Waals surface area contributed by atoms with E-state index in [0.29, 0.717) is 12.8 Å². The van der Waals surface area contributed by atoms with Gasteiger partial charge in [-0.2, -0.15) is 0 Å². The van der Waals surface area contributed by atoms with Crippen molar-refractivity contribution in [3.63, 3.8) is 0 Å². The van der Waals surface area contributed by atoms with Crippen LogP contribution < -0.4 is 5.32 Å². The zero-order valence-corrected chi connectivity index (χ0v) is 8.94. The highest BCUT2D eigenvalue weighted by atomic mass is 19.1. The van der Waals surface area contributed by atoms with Gasteiger partial charge in [-0.1, -0.05) is 0 Å². The van der Waals surface area contributed by atoms with Gasteiger partial charge in [0.15, 0.2) is 0 Å². The minimum Gasteiger partial charge on any atom is -0.481 e. The van der Waals surface area contributed by atoms with Crippen molar-refractivity contribution in [1.82, 2.24) is 10.3 Å². The molecular weight excluding hydrogens is 227 g/mol. The van der Waals surface area contributed by atoms with Crippen molar-refractivity contribution in [2.75, 3.05) is 0 Å². The van der Waals surface area contributed by atoms with Gasteiger partial charge in [-0.3, -0.25) is 9.59 Å². The lowest BCUT2D eigenvalue weighted by Gasteiger charge is -2.14. The van der Waals surface area contributed by atoms with Crippen LogP contribution in [-0.2, 0) is 4.79 Å². The molecule has 0 aliphatic heterocycles. The first-order chi connectivity index (χ1) is 8.01. The summed E-state index contributed by atoms with van der Waals surface area (Å²) in [5.41, 5.74) is -0.554. The van der Waals surface area contributed by atoms with Gasteiger partial charge >= 0.3 is 5.97 Å². The molecule has 5 nitrogen and oxygen atoms in total. The van der Waals surface area contributed by atoms with Crippen LogP contribution in [0.25, 0.3) is 0 Å². The van der Waals surface area contributed by atoms with Crippen molar-refractivity contribution in [2.45, 2.75) is 24.8 Å². The van der Waals surface area contributed by atoms with Crippen LogP contribution >= 0.6 is 0 Å². The third-order valence-corrected chi connectivity index (χ3v) is 2.68. The summed E-state index contributed by atoms with van der Waals surface area (Å²) >= 11 is 0. The molecule has 0 unspecified atom stereocenters. The van der Waals surface area contributed by atoms with E-state index in [1.165, 1.54) is 6.07 Å². The Labute approximate surface area is 96.7 Å². The van der Waals surface area contributed by atoms with Crippen LogP contribution in [-0.4, -0.2) is 27.5 Å². The molecule has 2 rings (SSSR count). The van der Waals surface area contributed by atoms with Gasteiger partial charge in [0.2, 0.25) is 0 Å². The second kappa shape index (κ2) is 4.12. The molecule has 0 atom stereocenters. The molecular formula is C11H11FN2O3. The lowest BCUT2D eigenvalue weighted by molar-refractivity contribution is -0.137. The van der Waals surface area contributed by atoms with Gasteiger partial charge in [-0.05, 0) is 25.0 Å². The summed E-state index contributed by atoms with van der Waals surface area (Å²) in [6.07, 6.45) is 2.14. The number of hydrogen-bond acceptors (Lipinski definition) is 3. The molecule has 1 fully saturated rings. The van der Waals surface area contributed by atoms with Crippen molar-refractivity contribution in [3.05, 3.63) is 29.8 Å². The maximum Gasteiger partial charge on any atom is 0.305 e. The minimum atomic E-state index is -0.949. The number of amides is 1. The Kier molecular flexibility index (Phi) is 2.79. The van der Waals surface area contributed by atoms with Crippen molar-refractivity contribution in [3.8, 4) is 0 Å². The molecule has 6 heteroatoms. The molecule has 0 spiro atoms. The zero-order chi connectivity index (χ0) is 12.5. The second-order valence-electron chi connectivity index (χ2n) is 4.17. The Morgan fingerprint density at radius 3 is 2.65 bits per heavy atom. The van der Waals surface area contributed by atoms with Crippen LogP contribution in [0.1, 0.15) is 29.8 Å². The summed E-state index contributed by atoms with van der Waals surface area (Å²) in [6.45, 7) is 0. The van der Waals surface area contributed by atoms with Crippen LogP contribution in [0.3, 0.4) is 0 Å². The summed E-state index contributed by atoms with van der Waals surface area (Å²) in [6, 6.07) is 2.40. The van der Waals surface area contributed by atoms with E-state index in [4.69, 9.17) is 5.11 Å².